The Morgan fingerprint density at radius 1 is 1.11 bits per heavy atom. The fraction of sp³-hybridized carbons (Fsp3) is 0.357. The Morgan fingerprint density at radius 3 is 2.74 bits per heavy atom. The Labute approximate surface area is 208 Å². The molecule has 3 aromatic rings. The van der Waals surface area contributed by atoms with Gasteiger partial charge in [0.1, 0.15) is 11.6 Å². The van der Waals surface area contributed by atoms with Crippen LogP contribution in [0, 0.1) is 5.92 Å². The van der Waals surface area contributed by atoms with Crippen LogP contribution in [0.2, 0.25) is 0 Å². The van der Waals surface area contributed by atoms with E-state index in [9.17, 15) is 0 Å². The van der Waals surface area contributed by atoms with Crippen LogP contribution >= 0.6 is 0 Å². The maximum absolute atomic E-state index is 6.43. The molecule has 1 aliphatic carbocycles. The molecule has 0 radical (unpaired) electrons. The summed E-state index contributed by atoms with van der Waals surface area (Å²) in [4.78, 5) is 11.4. The first-order chi connectivity index (χ1) is 17.2. The Kier molecular flexibility index (Phi) is 8.57. The van der Waals surface area contributed by atoms with Crippen molar-refractivity contribution in [3.8, 4) is 5.75 Å². The summed E-state index contributed by atoms with van der Waals surface area (Å²) in [7, 11) is 1.70. The van der Waals surface area contributed by atoms with Crippen LogP contribution in [0.25, 0.3) is 0 Å². The molecule has 4 rings (SSSR count). The fourth-order valence-corrected chi connectivity index (χ4v) is 3.93. The summed E-state index contributed by atoms with van der Waals surface area (Å²) in [5, 5.41) is 6.64. The molecule has 1 fully saturated rings. The van der Waals surface area contributed by atoms with Gasteiger partial charge in [-0.25, -0.2) is 4.98 Å². The molecule has 0 spiro atoms. The number of rotatable bonds is 13. The number of nitrogens with zero attached hydrogens (tertiary/aromatic N) is 3. The lowest BCUT2D eigenvalue weighted by Gasteiger charge is -2.26. The number of hydrogen-bond acceptors (Lipinski definition) is 7. The van der Waals surface area contributed by atoms with Crippen LogP contribution in [0.5, 0.6) is 5.75 Å². The standard InChI is InChI=1S/C28H36N6O/c1-3-30-15-16-33-28-17-21(12-14-32-28)11-13-31-27-10-9-24(19-26(27)29)34(20-22-7-8-22)23-5-4-6-25(18-23)35-2/h4-6,9-10,12-14,17-19,22,30H,3,7-8,11,15-16,20,29H2,1-2H3,(H,32,33). The van der Waals surface area contributed by atoms with Crippen LogP contribution in [0.4, 0.5) is 28.6 Å². The molecule has 1 saturated carbocycles. The molecule has 2 aromatic carbocycles. The number of pyridine rings is 1. The number of likely N-dealkylation sites (N-methyl/N-ethyl adjacent to an activating group) is 1. The number of methoxy groups -OCH3 is 1. The highest BCUT2D eigenvalue weighted by Crippen LogP contribution is 2.38. The van der Waals surface area contributed by atoms with Gasteiger partial charge in [-0.2, -0.15) is 0 Å². The van der Waals surface area contributed by atoms with Crippen LogP contribution in [0.15, 0.2) is 65.8 Å². The van der Waals surface area contributed by atoms with E-state index in [4.69, 9.17) is 10.5 Å². The zero-order valence-electron chi connectivity index (χ0n) is 20.7. The summed E-state index contributed by atoms with van der Waals surface area (Å²) in [6.45, 7) is 5.80. The number of hydrogen-bond donors (Lipinski definition) is 3. The van der Waals surface area contributed by atoms with Crippen molar-refractivity contribution in [3.05, 3.63) is 66.4 Å². The number of nitrogens with two attached hydrogens (primary N) is 1. The molecule has 184 valence electrons. The molecular weight excluding hydrogens is 436 g/mol. The maximum atomic E-state index is 6.43. The van der Waals surface area contributed by atoms with E-state index in [0.717, 1.165) is 66.3 Å². The lowest BCUT2D eigenvalue weighted by atomic mass is 10.1. The van der Waals surface area contributed by atoms with E-state index in [1.165, 1.54) is 12.8 Å². The van der Waals surface area contributed by atoms with Crippen molar-refractivity contribution >= 4 is 34.8 Å². The van der Waals surface area contributed by atoms with Gasteiger partial charge in [0.05, 0.1) is 18.5 Å². The summed E-state index contributed by atoms with van der Waals surface area (Å²) < 4.78 is 5.44. The number of aromatic nitrogens is 1. The van der Waals surface area contributed by atoms with Crippen LogP contribution in [-0.2, 0) is 6.42 Å². The molecule has 0 aliphatic heterocycles. The fourth-order valence-electron chi connectivity index (χ4n) is 3.93. The quantitative estimate of drug-likeness (QED) is 0.180. The molecular formula is C28H36N6O. The van der Waals surface area contributed by atoms with Gasteiger partial charge < -0.3 is 26.0 Å². The van der Waals surface area contributed by atoms with Crippen molar-refractivity contribution in [2.75, 3.05) is 49.2 Å². The molecule has 0 saturated heterocycles. The van der Waals surface area contributed by atoms with Crippen molar-refractivity contribution in [1.29, 1.82) is 0 Å². The van der Waals surface area contributed by atoms with E-state index in [1.807, 2.05) is 42.7 Å². The van der Waals surface area contributed by atoms with Gasteiger partial charge >= 0.3 is 0 Å². The molecule has 0 unspecified atom stereocenters. The van der Waals surface area contributed by atoms with Gasteiger partial charge in [0.25, 0.3) is 0 Å². The van der Waals surface area contributed by atoms with Crippen molar-refractivity contribution in [2.24, 2.45) is 10.9 Å². The van der Waals surface area contributed by atoms with Crippen molar-refractivity contribution in [2.45, 2.75) is 26.2 Å². The van der Waals surface area contributed by atoms with Crippen molar-refractivity contribution < 1.29 is 4.74 Å². The van der Waals surface area contributed by atoms with E-state index in [1.54, 1.807) is 7.11 Å². The molecule has 35 heavy (non-hydrogen) atoms. The Hall–Kier alpha value is -3.58. The van der Waals surface area contributed by atoms with Gasteiger partial charge in [-0.15, -0.1) is 0 Å². The predicted molar refractivity (Wildman–Crippen MR) is 147 cm³/mol. The molecule has 1 heterocycles. The monoisotopic (exact) mass is 472 g/mol. The summed E-state index contributed by atoms with van der Waals surface area (Å²) in [6, 6.07) is 18.4. The average Bonchev–Trinajstić information content (AvgIpc) is 3.71. The SMILES string of the molecule is CCNCCNc1cc(CC=Nc2ccc(N(CC3CC3)c3cccc(OC)c3)cc2N)ccn1. The van der Waals surface area contributed by atoms with Gasteiger partial charge in [0.2, 0.25) is 0 Å². The average molecular weight is 473 g/mol. The zero-order valence-corrected chi connectivity index (χ0v) is 20.7. The minimum atomic E-state index is 0.669. The minimum Gasteiger partial charge on any atom is -0.497 e. The third-order valence-corrected chi connectivity index (χ3v) is 6.07. The second kappa shape index (κ2) is 12.2. The molecule has 0 bridgehead atoms. The lowest BCUT2D eigenvalue weighted by molar-refractivity contribution is 0.415. The highest BCUT2D eigenvalue weighted by Gasteiger charge is 2.25. The normalized spacial score (nSPS) is 13.2. The van der Waals surface area contributed by atoms with E-state index in [2.05, 4.69) is 56.7 Å². The van der Waals surface area contributed by atoms with Crippen molar-refractivity contribution in [1.82, 2.24) is 10.3 Å². The first kappa shape index (κ1) is 24.5. The first-order valence-corrected chi connectivity index (χ1v) is 12.4. The predicted octanol–water partition coefficient (Wildman–Crippen LogP) is 5.19. The van der Waals surface area contributed by atoms with Gasteiger partial charge in [0.15, 0.2) is 0 Å². The highest BCUT2D eigenvalue weighted by atomic mass is 16.5. The molecule has 7 nitrogen and oxygen atoms in total. The van der Waals surface area contributed by atoms with E-state index >= 15 is 0 Å². The smallest absolute Gasteiger partial charge is 0.126 e. The van der Waals surface area contributed by atoms with Crippen LogP contribution in [0.3, 0.4) is 0 Å². The number of aliphatic imine (C=N–C) groups is 1. The largest absolute Gasteiger partial charge is 0.497 e. The van der Waals surface area contributed by atoms with E-state index < -0.39 is 0 Å². The summed E-state index contributed by atoms with van der Waals surface area (Å²) >= 11 is 0. The number of ether oxygens (including phenoxy) is 1. The Balaban J connectivity index is 1.42. The summed E-state index contributed by atoms with van der Waals surface area (Å²) in [5.41, 5.74) is 11.2. The molecule has 0 atom stereocenters. The first-order valence-electron chi connectivity index (χ1n) is 12.4. The molecule has 1 aromatic heterocycles. The second-order valence-corrected chi connectivity index (χ2v) is 8.84. The maximum Gasteiger partial charge on any atom is 0.126 e. The van der Waals surface area contributed by atoms with Gasteiger partial charge in [-0.1, -0.05) is 13.0 Å². The number of benzene rings is 2. The van der Waals surface area contributed by atoms with E-state index in [-0.39, 0.29) is 0 Å². The Morgan fingerprint density at radius 2 is 1.97 bits per heavy atom. The lowest BCUT2D eigenvalue weighted by Crippen LogP contribution is -2.21. The Bertz CT molecular complexity index is 1130. The molecule has 7 heteroatoms. The van der Waals surface area contributed by atoms with Crippen LogP contribution in [0.1, 0.15) is 25.3 Å². The second-order valence-electron chi connectivity index (χ2n) is 8.84. The van der Waals surface area contributed by atoms with Gasteiger partial charge in [-0.3, -0.25) is 4.99 Å². The van der Waals surface area contributed by atoms with Crippen LogP contribution < -0.4 is 26.0 Å². The number of nitrogens with one attached hydrogen (secondary N) is 2. The van der Waals surface area contributed by atoms with E-state index in [0.29, 0.717) is 12.1 Å². The summed E-state index contributed by atoms with van der Waals surface area (Å²) in [6.07, 6.45) is 7.01. The minimum absolute atomic E-state index is 0.669. The highest BCUT2D eigenvalue weighted by molar-refractivity contribution is 5.77. The summed E-state index contributed by atoms with van der Waals surface area (Å²) in [5.74, 6) is 2.46. The molecule has 0 amide bonds. The third-order valence-electron chi connectivity index (χ3n) is 6.07. The molecule has 1 aliphatic rings. The van der Waals surface area contributed by atoms with Gasteiger partial charge in [0, 0.05) is 55.9 Å². The third kappa shape index (κ3) is 7.20. The number of nitrogen functional groups attached to an aromatic ring is 1. The topological polar surface area (TPSA) is 87.8 Å². The number of anilines is 4. The molecule has 4 N–H and O–H groups in total. The van der Waals surface area contributed by atoms with Gasteiger partial charge in [-0.05, 0) is 73.3 Å². The van der Waals surface area contributed by atoms with Crippen molar-refractivity contribution in [3.63, 3.8) is 0 Å². The zero-order chi connectivity index (χ0) is 24.5. The van der Waals surface area contributed by atoms with Crippen LogP contribution in [-0.4, -0.2) is 44.5 Å².